The Hall–Kier alpha value is -1.34. The average molecular weight is 206 g/mol. The van der Waals surface area contributed by atoms with E-state index in [-0.39, 0.29) is 5.41 Å². The van der Waals surface area contributed by atoms with Gasteiger partial charge in [-0.15, -0.1) is 0 Å². The smallest absolute Gasteiger partial charge is 0.122 e. The lowest BCUT2D eigenvalue weighted by molar-refractivity contribution is 0.413. The monoisotopic (exact) mass is 206 g/mol. The SMILES string of the molecule is CC(C)(C#N)CCCn1ccnc1CN. The molecule has 0 spiro atoms. The summed E-state index contributed by atoms with van der Waals surface area (Å²) in [7, 11) is 0. The first kappa shape index (κ1) is 11.7. The molecular formula is C11H18N4. The highest BCUT2D eigenvalue weighted by molar-refractivity contribution is 4.93. The number of nitrogens with zero attached hydrogens (tertiary/aromatic N) is 3. The summed E-state index contributed by atoms with van der Waals surface area (Å²) in [6.07, 6.45) is 5.56. The average Bonchev–Trinajstić information content (AvgIpc) is 2.65. The summed E-state index contributed by atoms with van der Waals surface area (Å²) < 4.78 is 2.05. The molecule has 0 amide bonds. The van der Waals surface area contributed by atoms with Crippen LogP contribution in [-0.4, -0.2) is 9.55 Å². The molecule has 0 saturated heterocycles. The van der Waals surface area contributed by atoms with Gasteiger partial charge in [0.25, 0.3) is 0 Å². The molecule has 0 aliphatic heterocycles. The van der Waals surface area contributed by atoms with E-state index in [1.165, 1.54) is 0 Å². The second-order valence-corrected chi connectivity index (χ2v) is 4.34. The fraction of sp³-hybridized carbons (Fsp3) is 0.636. The molecule has 1 rings (SSSR count). The molecule has 1 heterocycles. The molecule has 2 N–H and O–H groups in total. The predicted octanol–water partition coefficient (Wildman–Crippen LogP) is 1.67. The summed E-state index contributed by atoms with van der Waals surface area (Å²) >= 11 is 0. The first-order valence-corrected chi connectivity index (χ1v) is 5.20. The summed E-state index contributed by atoms with van der Waals surface area (Å²) in [5, 5.41) is 8.86. The van der Waals surface area contributed by atoms with Gasteiger partial charge in [0.1, 0.15) is 5.82 Å². The number of imidazole rings is 1. The Balaban J connectivity index is 2.42. The zero-order chi connectivity index (χ0) is 11.3. The van der Waals surface area contributed by atoms with Gasteiger partial charge in [0.05, 0.1) is 18.0 Å². The molecule has 1 aromatic rings. The number of nitriles is 1. The summed E-state index contributed by atoms with van der Waals surface area (Å²) in [6, 6.07) is 2.30. The molecule has 0 aliphatic carbocycles. The zero-order valence-electron chi connectivity index (χ0n) is 9.40. The molecule has 4 nitrogen and oxygen atoms in total. The number of hydrogen-bond donors (Lipinski definition) is 1. The van der Waals surface area contributed by atoms with Gasteiger partial charge in [0.2, 0.25) is 0 Å². The molecule has 0 aromatic carbocycles. The van der Waals surface area contributed by atoms with Gasteiger partial charge in [-0.2, -0.15) is 5.26 Å². The van der Waals surface area contributed by atoms with E-state index in [4.69, 9.17) is 11.0 Å². The van der Waals surface area contributed by atoms with E-state index < -0.39 is 0 Å². The molecule has 0 fully saturated rings. The summed E-state index contributed by atoms with van der Waals surface area (Å²) in [4.78, 5) is 4.14. The fourth-order valence-electron chi connectivity index (χ4n) is 1.48. The number of aromatic nitrogens is 2. The number of rotatable bonds is 5. The molecule has 15 heavy (non-hydrogen) atoms. The molecule has 0 aliphatic rings. The van der Waals surface area contributed by atoms with E-state index >= 15 is 0 Å². The van der Waals surface area contributed by atoms with Gasteiger partial charge in [-0.3, -0.25) is 0 Å². The second-order valence-electron chi connectivity index (χ2n) is 4.34. The predicted molar refractivity (Wildman–Crippen MR) is 58.7 cm³/mol. The van der Waals surface area contributed by atoms with Crippen molar-refractivity contribution in [3.8, 4) is 6.07 Å². The van der Waals surface area contributed by atoms with Crippen LogP contribution in [-0.2, 0) is 13.1 Å². The largest absolute Gasteiger partial charge is 0.334 e. The van der Waals surface area contributed by atoms with Crippen LogP contribution < -0.4 is 5.73 Å². The zero-order valence-corrected chi connectivity index (χ0v) is 9.40. The van der Waals surface area contributed by atoms with Crippen molar-refractivity contribution in [2.24, 2.45) is 11.1 Å². The highest BCUT2D eigenvalue weighted by atomic mass is 15.1. The van der Waals surface area contributed by atoms with Crippen molar-refractivity contribution in [3.63, 3.8) is 0 Å². The van der Waals surface area contributed by atoms with E-state index in [0.717, 1.165) is 25.2 Å². The fourth-order valence-corrected chi connectivity index (χ4v) is 1.48. The van der Waals surface area contributed by atoms with Crippen molar-refractivity contribution in [2.45, 2.75) is 39.8 Å². The normalized spacial score (nSPS) is 11.3. The minimum absolute atomic E-state index is 0.233. The van der Waals surface area contributed by atoms with Crippen molar-refractivity contribution in [2.75, 3.05) is 0 Å². The Morgan fingerprint density at radius 2 is 2.33 bits per heavy atom. The van der Waals surface area contributed by atoms with Crippen molar-refractivity contribution >= 4 is 0 Å². The maximum Gasteiger partial charge on any atom is 0.122 e. The van der Waals surface area contributed by atoms with Crippen LogP contribution >= 0.6 is 0 Å². The van der Waals surface area contributed by atoms with Crippen molar-refractivity contribution in [1.82, 2.24) is 9.55 Å². The molecule has 0 saturated carbocycles. The Morgan fingerprint density at radius 1 is 1.60 bits per heavy atom. The van der Waals surface area contributed by atoms with E-state index in [9.17, 15) is 0 Å². The van der Waals surface area contributed by atoms with Gasteiger partial charge in [0.15, 0.2) is 0 Å². The number of hydrogen-bond acceptors (Lipinski definition) is 3. The van der Waals surface area contributed by atoms with Crippen LogP contribution in [0, 0.1) is 16.7 Å². The lowest BCUT2D eigenvalue weighted by Crippen LogP contribution is -2.12. The minimum Gasteiger partial charge on any atom is -0.334 e. The van der Waals surface area contributed by atoms with Crippen LogP contribution in [0.25, 0.3) is 0 Å². The summed E-state index contributed by atoms with van der Waals surface area (Å²) in [6.45, 7) is 5.28. The topological polar surface area (TPSA) is 67.6 Å². The molecule has 0 radical (unpaired) electrons. The molecule has 1 aromatic heterocycles. The molecule has 82 valence electrons. The van der Waals surface area contributed by atoms with Crippen LogP contribution in [0.5, 0.6) is 0 Å². The van der Waals surface area contributed by atoms with E-state index in [2.05, 4.69) is 11.1 Å². The Kier molecular flexibility index (Phi) is 3.87. The third-order valence-corrected chi connectivity index (χ3v) is 2.49. The maximum absolute atomic E-state index is 8.86. The third kappa shape index (κ3) is 3.37. The Labute approximate surface area is 90.7 Å². The summed E-state index contributed by atoms with van der Waals surface area (Å²) in [5.74, 6) is 0.907. The van der Waals surface area contributed by atoms with Gasteiger partial charge in [-0.05, 0) is 26.7 Å². The standard InChI is InChI=1S/C11H18N4/c1-11(2,9-13)4-3-6-15-7-5-14-10(15)8-12/h5,7H,3-4,6,8,12H2,1-2H3. The van der Waals surface area contributed by atoms with Gasteiger partial charge >= 0.3 is 0 Å². The lowest BCUT2D eigenvalue weighted by Gasteiger charge is -2.15. The van der Waals surface area contributed by atoms with Crippen LogP contribution in [0.4, 0.5) is 0 Å². The number of nitrogens with two attached hydrogens (primary N) is 1. The molecule has 0 bridgehead atoms. The number of aryl methyl sites for hydroxylation is 1. The highest BCUT2D eigenvalue weighted by Gasteiger charge is 2.15. The van der Waals surface area contributed by atoms with Crippen LogP contribution in [0.3, 0.4) is 0 Å². The molecule has 0 atom stereocenters. The Morgan fingerprint density at radius 3 is 2.93 bits per heavy atom. The van der Waals surface area contributed by atoms with Crippen molar-refractivity contribution in [1.29, 1.82) is 5.26 Å². The second kappa shape index (κ2) is 4.94. The van der Waals surface area contributed by atoms with E-state index in [1.54, 1.807) is 6.20 Å². The maximum atomic E-state index is 8.86. The first-order chi connectivity index (χ1) is 7.09. The molecular weight excluding hydrogens is 188 g/mol. The van der Waals surface area contributed by atoms with E-state index in [1.807, 2.05) is 24.6 Å². The van der Waals surface area contributed by atoms with Gasteiger partial charge < -0.3 is 10.3 Å². The van der Waals surface area contributed by atoms with E-state index in [0.29, 0.717) is 6.54 Å². The quantitative estimate of drug-likeness (QED) is 0.796. The Bertz CT molecular complexity index is 346. The van der Waals surface area contributed by atoms with Crippen molar-refractivity contribution < 1.29 is 0 Å². The van der Waals surface area contributed by atoms with Crippen LogP contribution in [0.2, 0.25) is 0 Å². The summed E-state index contributed by atoms with van der Waals surface area (Å²) in [5.41, 5.74) is 5.31. The lowest BCUT2D eigenvalue weighted by atomic mass is 9.90. The molecule has 4 heteroatoms. The van der Waals surface area contributed by atoms with Crippen LogP contribution in [0.15, 0.2) is 12.4 Å². The van der Waals surface area contributed by atoms with Gasteiger partial charge in [0, 0.05) is 18.9 Å². The highest BCUT2D eigenvalue weighted by Crippen LogP contribution is 2.21. The van der Waals surface area contributed by atoms with Gasteiger partial charge in [-0.1, -0.05) is 0 Å². The van der Waals surface area contributed by atoms with Crippen molar-refractivity contribution in [3.05, 3.63) is 18.2 Å². The molecule has 0 unspecified atom stereocenters. The van der Waals surface area contributed by atoms with Crippen LogP contribution in [0.1, 0.15) is 32.5 Å². The third-order valence-electron chi connectivity index (χ3n) is 2.49. The minimum atomic E-state index is -0.233. The van der Waals surface area contributed by atoms with Gasteiger partial charge in [-0.25, -0.2) is 4.98 Å². The first-order valence-electron chi connectivity index (χ1n) is 5.20.